The fourth-order valence-electron chi connectivity index (χ4n) is 2.67. The zero-order valence-electron chi connectivity index (χ0n) is 13.2. The number of ether oxygens (including phenoxy) is 2. The average molecular weight is 307 g/mol. The summed E-state index contributed by atoms with van der Waals surface area (Å²) in [6.45, 7) is 4.77. The minimum Gasteiger partial charge on any atom is -0.494 e. The van der Waals surface area contributed by atoms with Gasteiger partial charge in [0.05, 0.1) is 6.61 Å². The number of rotatable bonds is 8. The number of carboxylic acids is 1. The van der Waals surface area contributed by atoms with Crippen LogP contribution < -0.4 is 9.47 Å². The summed E-state index contributed by atoms with van der Waals surface area (Å²) in [7, 11) is 0. The van der Waals surface area contributed by atoms with Crippen LogP contribution in [0.4, 0.5) is 0 Å². The van der Waals surface area contributed by atoms with E-state index in [1.165, 1.54) is 0 Å². The Morgan fingerprint density at radius 1 is 1.18 bits per heavy atom. The molecule has 1 saturated heterocycles. The molecule has 1 atom stereocenters. The summed E-state index contributed by atoms with van der Waals surface area (Å²) in [4.78, 5) is 13.2. The minimum absolute atomic E-state index is 0.359. The van der Waals surface area contributed by atoms with Crippen LogP contribution in [0.15, 0.2) is 24.3 Å². The van der Waals surface area contributed by atoms with Gasteiger partial charge in [0, 0.05) is 6.54 Å². The third-order valence-electron chi connectivity index (χ3n) is 3.84. The van der Waals surface area contributed by atoms with Crippen LogP contribution in [0.2, 0.25) is 0 Å². The number of hydrogen-bond donors (Lipinski definition) is 1. The Morgan fingerprint density at radius 2 is 1.82 bits per heavy atom. The first-order valence-corrected chi connectivity index (χ1v) is 8.03. The first kappa shape index (κ1) is 16.6. The maximum Gasteiger partial charge on any atom is 0.320 e. The van der Waals surface area contributed by atoms with Crippen molar-refractivity contribution in [3.8, 4) is 11.5 Å². The van der Waals surface area contributed by atoms with E-state index in [1.54, 1.807) is 0 Å². The second-order valence-corrected chi connectivity index (χ2v) is 5.55. The van der Waals surface area contributed by atoms with Crippen molar-refractivity contribution in [1.82, 2.24) is 4.90 Å². The number of aliphatic carboxylic acids is 1. The molecule has 1 aliphatic heterocycles. The summed E-state index contributed by atoms with van der Waals surface area (Å²) in [5.74, 6) is 0.904. The van der Waals surface area contributed by atoms with Crippen molar-refractivity contribution < 1.29 is 19.4 Å². The molecule has 1 aromatic rings. The standard InChI is InChI=1S/C17H25NO4/c1-2-12-21-14-6-8-15(9-7-14)22-13-11-18-10-4-3-5-16(18)17(19)20/h6-9,16H,2-5,10-13H2,1H3,(H,19,20). The molecular weight excluding hydrogens is 282 g/mol. The Kier molecular flexibility index (Phi) is 6.52. The summed E-state index contributed by atoms with van der Waals surface area (Å²) in [5.41, 5.74) is 0. The van der Waals surface area contributed by atoms with Gasteiger partial charge >= 0.3 is 5.97 Å². The van der Waals surface area contributed by atoms with E-state index >= 15 is 0 Å². The van der Waals surface area contributed by atoms with Crippen LogP contribution in [0.25, 0.3) is 0 Å². The quantitative estimate of drug-likeness (QED) is 0.800. The molecule has 0 aromatic heterocycles. The number of hydrogen-bond acceptors (Lipinski definition) is 4. The van der Waals surface area contributed by atoms with Crippen LogP contribution in [0.5, 0.6) is 11.5 Å². The molecule has 1 heterocycles. The van der Waals surface area contributed by atoms with E-state index in [0.29, 0.717) is 19.8 Å². The number of carbonyl (C=O) groups is 1. The average Bonchev–Trinajstić information content (AvgIpc) is 2.54. The van der Waals surface area contributed by atoms with Crippen molar-refractivity contribution in [3.05, 3.63) is 24.3 Å². The Hall–Kier alpha value is -1.75. The van der Waals surface area contributed by atoms with E-state index in [-0.39, 0.29) is 6.04 Å². The Bertz CT molecular complexity index is 460. The molecule has 0 saturated carbocycles. The van der Waals surface area contributed by atoms with Crippen molar-refractivity contribution >= 4 is 5.97 Å². The summed E-state index contributed by atoms with van der Waals surface area (Å²) in [6.07, 6.45) is 3.78. The predicted octanol–water partition coefficient (Wildman–Crippen LogP) is 2.79. The lowest BCUT2D eigenvalue weighted by Gasteiger charge is -2.32. The summed E-state index contributed by atoms with van der Waals surface area (Å²) in [6, 6.07) is 7.20. The number of piperidine rings is 1. The van der Waals surface area contributed by atoms with Crippen LogP contribution in [0.1, 0.15) is 32.6 Å². The molecule has 122 valence electrons. The Balaban J connectivity index is 1.76. The summed E-state index contributed by atoms with van der Waals surface area (Å²) in [5, 5.41) is 9.23. The lowest BCUT2D eigenvalue weighted by atomic mass is 10.0. The zero-order chi connectivity index (χ0) is 15.8. The van der Waals surface area contributed by atoms with E-state index in [2.05, 4.69) is 6.92 Å². The van der Waals surface area contributed by atoms with E-state index in [9.17, 15) is 9.90 Å². The molecule has 5 nitrogen and oxygen atoms in total. The van der Waals surface area contributed by atoms with Gasteiger partial charge in [-0.25, -0.2) is 0 Å². The fourth-order valence-corrected chi connectivity index (χ4v) is 2.67. The monoisotopic (exact) mass is 307 g/mol. The fraction of sp³-hybridized carbons (Fsp3) is 0.588. The lowest BCUT2D eigenvalue weighted by molar-refractivity contribution is -0.144. The number of nitrogens with zero attached hydrogens (tertiary/aromatic N) is 1. The molecule has 0 radical (unpaired) electrons. The van der Waals surface area contributed by atoms with Gasteiger partial charge in [-0.1, -0.05) is 13.3 Å². The van der Waals surface area contributed by atoms with Gasteiger partial charge in [-0.3, -0.25) is 9.69 Å². The second-order valence-electron chi connectivity index (χ2n) is 5.55. The SMILES string of the molecule is CCCOc1ccc(OCCN2CCCCC2C(=O)O)cc1. The van der Waals surface area contributed by atoms with Gasteiger partial charge in [-0.15, -0.1) is 0 Å². The van der Waals surface area contributed by atoms with E-state index in [0.717, 1.165) is 43.7 Å². The van der Waals surface area contributed by atoms with Gasteiger partial charge in [-0.05, 0) is 50.1 Å². The van der Waals surface area contributed by atoms with Crippen LogP contribution in [0, 0.1) is 0 Å². The third kappa shape index (κ3) is 4.91. The maximum absolute atomic E-state index is 11.2. The topological polar surface area (TPSA) is 59.0 Å². The van der Waals surface area contributed by atoms with Crippen molar-refractivity contribution in [1.29, 1.82) is 0 Å². The highest BCUT2D eigenvalue weighted by Gasteiger charge is 2.27. The maximum atomic E-state index is 11.2. The molecule has 1 aliphatic rings. The summed E-state index contributed by atoms with van der Waals surface area (Å²) >= 11 is 0. The first-order chi connectivity index (χ1) is 10.7. The van der Waals surface area contributed by atoms with Gasteiger partial charge in [-0.2, -0.15) is 0 Å². The zero-order valence-corrected chi connectivity index (χ0v) is 13.2. The minimum atomic E-state index is -0.725. The molecule has 5 heteroatoms. The first-order valence-electron chi connectivity index (χ1n) is 8.03. The molecule has 0 aliphatic carbocycles. The molecule has 1 aromatic carbocycles. The smallest absolute Gasteiger partial charge is 0.320 e. The molecule has 22 heavy (non-hydrogen) atoms. The molecule has 1 N–H and O–H groups in total. The second kappa shape index (κ2) is 8.63. The van der Waals surface area contributed by atoms with Gasteiger partial charge in [0.1, 0.15) is 24.1 Å². The number of carboxylic acid groups (broad SMARTS) is 1. The molecule has 0 bridgehead atoms. The predicted molar refractivity (Wildman–Crippen MR) is 84.6 cm³/mol. The van der Waals surface area contributed by atoms with Gasteiger partial charge in [0.25, 0.3) is 0 Å². The van der Waals surface area contributed by atoms with Crippen molar-refractivity contribution in [2.24, 2.45) is 0 Å². The molecule has 1 fully saturated rings. The highest BCUT2D eigenvalue weighted by Crippen LogP contribution is 2.19. The van der Waals surface area contributed by atoms with Crippen LogP contribution >= 0.6 is 0 Å². The van der Waals surface area contributed by atoms with Gasteiger partial charge in [0.15, 0.2) is 0 Å². The number of benzene rings is 1. The highest BCUT2D eigenvalue weighted by atomic mass is 16.5. The molecular formula is C17H25NO4. The Labute approximate surface area is 131 Å². The van der Waals surface area contributed by atoms with Gasteiger partial charge < -0.3 is 14.6 Å². The van der Waals surface area contributed by atoms with E-state index in [4.69, 9.17) is 9.47 Å². The van der Waals surface area contributed by atoms with Crippen LogP contribution in [-0.4, -0.2) is 48.3 Å². The van der Waals surface area contributed by atoms with Crippen LogP contribution in [-0.2, 0) is 4.79 Å². The highest BCUT2D eigenvalue weighted by molar-refractivity contribution is 5.73. The third-order valence-corrected chi connectivity index (χ3v) is 3.84. The van der Waals surface area contributed by atoms with Crippen molar-refractivity contribution in [3.63, 3.8) is 0 Å². The Morgan fingerprint density at radius 3 is 2.41 bits per heavy atom. The summed E-state index contributed by atoms with van der Waals surface area (Å²) < 4.78 is 11.2. The van der Waals surface area contributed by atoms with Gasteiger partial charge in [0.2, 0.25) is 0 Å². The van der Waals surface area contributed by atoms with Crippen molar-refractivity contribution in [2.45, 2.75) is 38.6 Å². The molecule has 2 rings (SSSR count). The lowest BCUT2D eigenvalue weighted by Crippen LogP contribution is -2.46. The molecule has 0 amide bonds. The van der Waals surface area contributed by atoms with E-state index in [1.807, 2.05) is 29.2 Å². The van der Waals surface area contributed by atoms with Crippen LogP contribution in [0.3, 0.4) is 0 Å². The van der Waals surface area contributed by atoms with Crippen molar-refractivity contribution in [2.75, 3.05) is 26.3 Å². The molecule has 0 spiro atoms. The number of likely N-dealkylation sites (tertiary alicyclic amines) is 1. The van der Waals surface area contributed by atoms with E-state index < -0.39 is 5.97 Å². The molecule has 1 unspecified atom stereocenters. The largest absolute Gasteiger partial charge is 0.494 e. The normalized spacial score (nSPS) is 18.9.